The third-order valence-electron chi connectivity index (χ3n) is 4.64. The summed E-state index contributed by atoms with van der Waals surface area (Å²) in [6, 6.07) is 7.21. The van der Waals surface area contributed by atoms with Gasteiger partial charge in [-0.15, -0.1) is 6.42 Å². The average Bonchev–Trinajstić information content (AvgIpc) is 3.07. The van der Waals surface area contributed by atoms with E-state index in [2.05, 4.69) is 26.5 Å². The molecule has 6 nitrogen and oxygen atoms in total. The largest absolute Gasteiger partial charge is 0.493 e. The van der Waals surface area contributed by atoms with E-state index < -0.39 is 0 Å². The Labute approximate surface area is 167 Å². The molecule has 1 aliphatic heterocycles. The van der Waals surface area contributed by atoms with Crippen molar-refractivity contribution < 1.29 is 9.53 Å². The molecule has 0 radical (unpaired) electrons. The van der Waals surface area contributed by atoms with Crippen LogP contribution in [0, 0.1) is 12.3 Å². The number of methoxy groups -OCH3 is 1. The third-order valence-corrected chi connectivity index (χ3v) is 4.94. The van der Waals surface area contributed by atoms with Crippen LogP contribution in [0.25, 0.3) is 11.3 Å². The highest BCUT2D eigenvalue weighted by Gasteiger charge is 2.28. The van der Waals surface area contributed by atoms with Crippen LogP contribution in [0.3, 0.4) is 0 Å². The predicted octanol–water partition coefficient (Wildman–Crippen LogP) is 3.75. The quantitative estimate of drug-likeness (QED) is 0.591. The lowest BCUT2D eigenvalue weighted by Crippen LogP contribution is -2.31. The lowest BCUT2D eigenvalue weighted by Gasteiger charge is -2.17. The minimum Gasteiger partial charge on any atom is -0.493 e. The molecule has 2 aromatic heterocycles. The highest BCUT2D eigenvalue weighted by atomic mass is 35.5. The zero-order valence-electron chi connectivity index (χ0n) is 15.1. The minimum absolute atomic E-state index is 0.149. The van der Waals surface area contributed by atoms with Gasteiger partial charge in [-0.25, -0.2) is 0 Å². The maximum absolute atomic E-state index is 12.6. The van der Waals surface area contributed by atoms with E-state index >= 15 is 0 Å². The predicted molar refractivity (Wildman–Crippen MR) is 109 cm³/mol. The smallest absolute Gasteiger partial charge is 0.255 e. The van der Waals surface area contributed by atoms with Crippen LogP contribution in [-0.2, 0) is 6.42 Å². The average molecular weight is 393 g/mol. The Balaban J connectivity index is 1.93. The van der Waals surface area contributed by atoms with Crippen LogP contribution in [0.2, 0.25) is 5.02 Å². The van der Waals surface area contributed by atoms with E-state index in [1.54, 1.807) is 25.6 Å². The number of halogens is 1. The molecular formula is C21H17ClN4O2. The van der Waals surface area contributed by atoms with Crippen molar-refractivity contribution in [2.24, 2.45) is 0 Å². The molecule has 4 rings (SSSR count). The van der Waals surface area contributed by atoms with E-state index in [4.69, 9.17) is 22.8 Å². The number of nitrogens with one attached hydrogen (secondary N) is 3. The highest BCUT2D eigenvalue weighted by molar-refractivity contribution is 6.32. The molecule has 0 aliphatic carbocycles. The normalized spacial score (nSPS) is 12.7. The summed E-state index contributed by atoms with van der Waals surface area (Å²) in [6.45, 7) is 0.573. The van der Waals surface area contributed by atoms with E-state index in [1.807, 2.05) is 18.2 Å². The Morgan fingerprint density at radius 3 is 3.00 bits per heavy atom. The molecule has 140 valence electrons. The number of ether oxygens (including phenoxy) is 1. The van der Waals surface area contributed by atoms with Crippen LogP contribution in [-0.4, -0.2) is 29.5 Å². The molecule has 0 spiro atoms. The van der Waals surface area contributed by atoms with Gasteiger partial charge in [-0.1, -0.05) is 23.6 Å². The maximum atomic E-state index is 12.6. The summed E-state index contributed by atoms with van der Waals surface area (Å²) >= 11 is 6.26. The van der Waals surface area contributed by atoms with Gasteiger partial charge in [0.05, 0.1) is 40.3 Å². The zero-order chi connectivity index (χ0) is 19.7. The fourth-order valence-corrected chi connectivity index (χ4v) is 3.63. The molecule has 0 atom stereocenters. The fourth-order valence-electron chi connectivity index (χ4n) is 3.38. The monoisotopic (exact) mass is 392 g/mol. The van der Waals surface area contributed by atoms with E-state index in [0.29, 0.717) is 46.2 Å². The van der Waals surface area contributed by atoms with E-state index in [9.17, 15) is 4.79 Å². The van der Waals surface area contributed by atoms with Gasteiger partial charge < -0.3 is 20.4 Å². The van der Waals surface area contributed by atoms with Crippen molar-refractivity contribution in [1.82, 2.24) is 15.3 Å². The first kappa shape index (κ1) is 18.0. The molecule has 1 amide bonds. The number of aromatic nitrogens is 2. The van der Waals surface area contributed by atoms with Crippen molar-refractivity contribution in [3.8, 4) is 29.4 Å². The van der Waals surface area contributed by atoms with Crippen LogP contribution in [0.5, 0.6) is 5.75 Å². The molecule has 0 unspecified atom stereocenters. The van der Waals surface area contributed by atoms with Crippen molar-refractivity contribution in [1.29, 1.82) is 0 Å². The highest BCUT2D eigenvalue weighted by Crippen LogP contribution is 2.41. The SMILES string of the molecule is C#Cc1cnccc1-c1[nH]c2c(c1Nc1cccc(Cl)c1OC)C(=O)NCC2. The number of hydrogen-bond acceptors (Lipinski definition) is 4. The number of fused-ring (bicyclic) bond motifs is 1. The van der Waals surface area contributed by atoms with Crippen molar-refractivity contribution >= 4 is 28.9 Å². The second-order valence-electron chi connectivity index (χ2n) is 6.25. The van der Waals surface area contributed by atoms with E-state index in [1.165, 1.54) is 0 Å². The number of para-hydroxylation sites is 1. The molecule has 7 heteroatoms. The number of pyridine rings is 1. The number of benzene rings is 1. The van der Waals surface area contributed by atoms with Gasteiger partial charge in [-0.3, -0.25) is 9.78 Å². The Morgan fingerprint density at radius 2 is 2.21 bits per heavy atom. The van der Waals surface area contributed by atoms with Crippen LogP contribution in [0.1, 0.15) is 21.6 Å². The molecule has 0 fully saturated rings. The van der Waals surface area contributed by atoms with E-state index in [-0.39, 0.29) is 5.91 Å². The van der Waals surface area contributed by atoms with Gasteiger partial charge in [-0.05, 0) is 18.2 Å². The first-order chi connectivity index (χ1) is 13.6. The molecule has 0 bridgehead atoms. The topological polar surface area (TPSA) is 79.0 Å². The molecule has 3 N–H and O–H groups in total. The number of carbonyl (C=O) groups is 1. The molecule has 3 aromatic rings. The fraction of sp³-hybridized carbons (Fsp3) is 0.143. The Bertz CT molecular complexity index is 1110. The second-order valence-corrected chi connectivity index (χ2v) is 6.65. The summed E-state index contributed by atoms with van der Waals surface area (Å²) in [6.07, 6.45) is 9.65. The molecule has 28 heavy (non-hydrogen) atoms. The van der Waals surface area contributed by atoms with Crippen molar-refractivity contribution in [2.75, 3.05) is 19.0 Å². The lowest BCUT2D eigenvalue weighted by atomic mass is 10.0. The summed E-state index contributed by atoms with van der Waals surface area (Å²) in [5, 5.41) is 6.69. The number of H-pyrrole nitrogens is 1. The van der Waals surface area contributed by atoms with Gasteiger partial charge in [-0.2, -0.15) is 0 Å². The maximum Gasteiger partial charge on any atom is 0.255 e. The summed E-state index contributed by atoms with van der Waals surface area (Å²) < 4.78 is 5.44. The summed E-state index contributed by atoms with van der Waals surface area (Å²) in [4.78, 5) is 20.1. The Morgan fingerprint density at radius 1 is 1.36 bits per heavy atom. The van der Waals surface area contributed by atoms with Crippen molar-refractivity contribution in [2.45, 2.75) is 6.42 Å². The Hall–Kier alpha value is -3.43. The molecule has 0 saturated carbocycles. The summed E-state index contributed by atoms with van der Waals surface area (Å²) in [5.74, 6) is 3.00. The molecular weight excluding hydrogens is 376 g/mol. The molecule has 3 heterocycles. The number of rotatable bonds is 4. The van der Waals surface area contributed by atoms with Gasteiger partial charge in [0, 0.05) is 36.6 Å². The standard InChI is InChI=1S/C21H17ClN4O2/c1-3-12-11-23-9-7-13(12)18-19(17-15(25-18)8-10-24-21(17)27)26-16-6-4-5-14(22)20(16)28-2/h1,4-7,9,11,25-26H,8,10H2,2H3,(H,24,27). The number of aromatic amines is 1. The van der Waals surface area contributed by atoms with Gasteiger partial charge in [0.25, 0.3) is 5.91 Å². The number of terminal acetylenes is 1. The van der Waals surface area contributed by atoms with Crippen molar-refractivity contribution in [3.05, 3.63) is 58.5 Å². The number of anilines is 2. The van der Waals surface area contributed by atoms with Crippen molar-refractivity contribution in [3.63, 3.8) is 0 Å². The van der Waals surface area contributed by atoms with Gasteiger partial charge in [0.1, 0.15) is 0 Å². The first-order valence-electron chi connectivity index (χ1n) is 8.67. The van der Waals surface area contributed by atoms with Crippen LogP contribution in [0.15, 0.2) is 36.7 Å². The van der Waals surface area contributed by atoms with Gasteiger partial charge >= 0.3 is 0 Å². The third kappa shape index (κ3) is 2.96. The van der Waals surface area contributed by atoms with Gasteiger partial charge in [0.2, 0.25) is 0 Å². The molecule has 0 saturated heterocycles. The second kappa shape index (κ2) is 7.29. The number of carbonyl (C=O) groups excluding carboxylic acids is 1. The first-order valence-corrected chi connectivity index (χ1v) is 9.05. The Kier molecular flexibility index (Phi) is 4.68. The van der Waals surface area contributed by atoms with E-state index in [0.717, 1.165) is 17.0 Å². The molecule has 1 aromatic carbocycles. The summed E-state index contributed by atoms with van der Waals surface area (Å²) in [7, 11) is 1.55. The zero-order valence-corrected chi connectivity index (χ0v) is 15.9. The van der Waals surface area contributed by atoms with Crippen LogP contribution < -0.4 is 15.4 Å². The summed E-state index contributed by atoms with van der Waals surface area (Å²) in [5.41, 5.74) is 4.80. The van der Waals surface area contributed by atoms with Crippen LogP contribution in [0.4, 0.5) is 11.4 Å². The number of amides is 1. The minimum atomic E-state index is -0.149. The number of nitrogens with zero attached hydrogens (tertiary/aromatic N) is 1. The van der Waals surface area contributed by atoms with Gasteiger partial charge in [0.15, 0.2) is 5.75 Å². The van der Waals surface area contributed by atoms with Crippen LogP contribution >= 0.6 is 11.6 Å². The molecule has 1 aliphatic rings. The lowest BCUT2D eigenvalue weighted by molar-refractivity contribution is 0.0947. The number of hydrogen-bond donors (Lipinski definition) is 3.